The van der Waals surface area contributed by atoms with Crippen LogP contribution in [0.25, 0.3) is 0 Å². The third kappa shape index (κ3) is 3.57. The maximum Gasteiger partial charge on any atom is 0.120 e. The van der Waals surface area contributed by atoms with Crippen molar-refractivity contribution < 1.29 is 4.74 Å². The van der Waals surface area contributed by atoms with E-state index in [1.807, 2.05) is 42.8 Å². The molecule has 0 aliphatic rings. The molecular weight excluding hydrogens is 286 g/mol. The Kier molecular flexibility index (Phi) is 4.91. The number of hydrogen-bond donors (Lipinski definition) is 1. The molecule has 0 amide bonds. The molecule has 1 heterocycles. The van der Waals surface area contributed by atoms with E-state index in [4.69, 9.17) is 22.1 Å². The van der Waals surface area contributed by atoms with Crippen molar-refractivity contribution in [1.29, 1.82) is 0 Å². The van der Waals surface area contributed by atoms with Gasteiger partial charge in [-0.3, -0.25) is 4.68 Å². The van der Waals surface area contributed by atoms with Crippen molar-refractivity contribution in [3.05, 3.63) is 46.7 Å². The maximum atomic E-state index is 6.40. The Morgan fingerprint density at radius 1 is 1.24 bits per heavy atom. The van der Waals surface area contributed by atoms with E-state index in [2.05, 4.69) is 18.9 Å². The Hall–Kier alpha value is -1.52. The summed E-state index contributed by atoms with van der Waals surface area (Å²) in [6, 6.07) is 7.67. The number of aromatic nitrogens is 2. The monoisotopic (exact) mass is 307 g/mol. The molecular formula is C16H22ClN3O. The van der Waals surface area contributed by atoms with Crippen molar-refractivity contribution in [3.8, 4) is 5.75 Å². The summed E-state index contributed by atoms with van der Waals surface area (Å²) in [4.78, 5) is 0. The highest BCUT2D eigenvalue weighted by molar-refractivity contribution is 6.31. The lowest BCUT2D eigenvalue weighted by Crippen LogP contribution is -2.19. The first-order valence-electron chi connectivity index (χ1n) is 7.15. The predicted octanol–water partition coefficient (Wildman–Crippen LogP) is 3.95. The van der Waals surface area contributed by atoms with Crippen LogP contribution in [0.5, 0.6) is 5.75 Å². The Morgan fingerprint density at radius 2 is 1.95 bits per heavy atom. The number of benzene rings is 1. The molecule has 5 heteroatoms. The van der Waals surface area contributed by atoms with Gasteiger partial charge in [-0.05, 0) is 45.4 Å². The van der Waals surface area contributed by atoms with E-state index < -0.39 is 0 Å². The number of hydrogen-bond acceptors (Lipinski definition) is 3. The van der Waals surface area contributed by atoms with Crippen LogP contribution >= 0.6 is 11.6 Å². The summed E-state index contributed by atoms with van der Waals surface area (Å²) in [5, 5.41) is 4.90. The Morgan fingerprint density at radius 3 is 2.57 bits per heavy atom. The van der Waals surface area contributed by atoms with Gasteiger partial charge >= 0.3 is 0 Å². The Bertz CT molecular complexity index is 607. The first-order chi connectivity index (χ1) is 9.90. The number of nitrogens with zero attached hydrogens (tertiary/aromatic N) is 2. The molecule has 0 bridgehead atoms. The zero-order chi connectivity index (χ0) is 15.6. The summed E-state index contributed by atoms with van der Waals surface area (Å²) in [7, 11) is 0. The summed E-state index contributed by atoms with van der Waals surface area (Å²) >= 11 is 6.26. The normalized spacial score (nSPS) is 13.0. The van der Waals surface area contributed by atoms with Crippen LogP contribution in [0.1, 0.15) is 51.0 Å². The van der Waals surface area contributed by atoms with Crippen molar-refractivity contribution in [2.75, 3.05) is 0 Å². The highest BCUT2D eigenvalue weighted by Crippen LogP contribution is 2.30. The van der Waals surface area contributed by atoms with E-state index in [9.17, 15) is 0 Å². The van der Waals surface area contributed by atoms with Crippen molar-refractivity contribution >= 4 is 11.6 Å². The SMILES string of the molecule is CC(C)Oc1cccc(C(N)c2c(Cl)cnn2C(C)C)c1. The van der Waals surface area contributed by atoms with Gasteiger partial charge in [0.05, 0.1) is 29.1 Å². The first-order valence-corrected chi connectivity index (χ1v) is 7.53. The van der Waals surface area contributed by atoms with Gasteiger partial charge in [-0.15, -0.1) is 0 Å². The van der Waals surface area contributed by atoms with Gasteiger partial charge < -0.3 is 10.5 Å². The summed E-state index contributed by atoms with van der Waals surface area (Å²) in [6.07, 6.45) is 1.77. The minimum absolute atomic E-state index is 0.126. The van der Waals surface area contributed by atoms with E-state index in [1.54, 1.807) is 6.20 Å². The lowest BCUT2D eigenvalue weighted by Gasteiger charge is -2.19. The quantitative estimate of drug-likeness (QED) is 0.910. The summed E-state index contributed by atoms with van der Waals surface area (Å²) in [5.74, 6) is 0.810. The molecule has 1 aromatic heterocycles. The molecule has 0 radical (unpaired) electrons. The van der Waals surface area contributed by atoms with Crippen molar-refractivity contribution in [2.24, 2.45) is 5.73 Å². The lowest BCUT2D eigenvalue weighted by atomic mass is 10.0. The molecule has 0 aliphatic heterocycles. The largest absolute Gasteiger partial charge is 0.491 e. The van der Waals surface area contributed by atoms with Crippen molar-refractivity contribution in [3.63, 3.8) is 0 Å². The average molecular weight is 308 g/mol. The van der Waals surface area contributed by atoms with Crippen LogP contribution in [0.3, 0.4) is 0 Å². The van der Waals surface area contributed by atoms with Gasteiger partial charge in [-0.25, -0.2) is 0 Å². The zero-order valence-corrected chi connectivity index (χ0v) is 13.6. The molecule has 0 saturated heterocycles. The molecule has 21 heavy (non-hydrogen) atoms. The molecule has 0 saturated carbocycles. The summed E-state index contributed by atoms with van der Waals surface area (Å²) in [5.41, 5.74) is 8.18. The summed E-state index contributed by atoms with van der Waals surface area (Å²) < 4.78 is 7.58. The van der Waals surface area contributed by atoms with Crippen LogP contribution in [-0.2, 0) is 0 Å². The van der Waals surface area contributed by atoms with Crippen LogP contribution in [-0.4, -0.2) is 15.9 Å². The van der Waals surface area contributed by atoms with E-state index in [1.165, 1.54) is 0 Å². The molecule has 1 unspecified atom stereocenters. The molecule has 2 N–H and O–H groups in total. The predicted molar refractivity (Wildman–Crippen MR) is 85.9 cm³/mol. The molecule has 0 fully saturated rings. The van der Waals surface area contributed by atoms with Gasteiger partial charge in [0.1, 0.15) is 5.75 Å². The summed E-state index contributed by atoms with van der Waals surface area (Å²) in [6.45, 7) is 8.10. The average Bonchev–Trinajstić information content (AvgIpc) is 2.79. The molecule has 0 aliphatic carbocycles. The topological polar surface area (TPSA) is 53.1 Å². The second kappa shape index (κ2) is 6.50. The fourth-order valence-electron chi connectivity index (χ4n) is 2.26. The second-order valence-electron chi connectivity index (χ2n) is 5.63. The standard InChI is InChI=1S/C16H22ClN3O/c1-10(2)20-16(14(17)9-19-20)15(18)12-6-5-7-13(8-12)21-11(3)4/h5-11,15H,18H2,1-4H3. The Labute approximate surface area is 130 Å². The third-order valence-corrected chi connectivity index (χ3v) is 3.45. The van der Waals surface area contributed by atoms with Crippen LogP contribution in [0.2, 0.25) is 5.02 Å². The minimum Gasteiger partial charge on any atom is -0.491 e. The molecule has 1 atom stereocenters. The van der Waals surface area contributed by atoms with Crippen LogP contribution in [0.15, 0.2) is 30.5 Å². The molecule has 1 aromatic carbocycles. The zero-order valence-electron chi connectivity index (χ0n) is 12.9. The highest BCUT2D eigenvalue weighted by atomic mass is 35.5. The van der Waals surface area contributed by atoms with Gasteiger partial charge in [0.25, 0.3) is 0 Å². The smallest absolute Gasteiger partial charge is 0.120 e. The molecule has 2 rings (SSSR count). The van der Waals surface area contributed by atoms with Crippen LogP contribution in [0, 0.1) is 0 Å². The fourth-order valence-corrected chi connectivity index (χ4v) is 2.51. The second-order valence-corrected chi connectivity index (χ2v) is 6.04. The first kappa shape index (κ1) is 15.9. The van der Waals surface area contributed by atoms with Gasteiger partial charge in [0.15, 0.2) is 0 Å². The minimum atomic E-state index is -0.335. The van der Waals surface area contributed by atoms with Crippen molar-refractivity contribution in [1.82, 2.24) is 9.78 Å². The van der Waals surface area contributed by atoms with Gasteiger partial charge in [-0.1, -0.05) is 23.7 Å². The fraction of sp³-hybridized carbons (Fsp3) is 0.438. The third-order valence-electron chi connectivity index (χ3n) is 3.16. The molecule has 114 valence electrons. The lowest BCUT2D eigenvalue weighted by molar-refractivity contribution is 0.242. The van der Waals surface area contributed by atoms with E-state index >= 15 is 0 Å². The van der Waals surface area contributed by atoms with Gasteiger partial charge in [0.2, 0.25) is 0 Å². The van der Waals surface area contributed by atoms with E-state index in [-0.39, 0.29) is 18.2 Å². The van der Waals surface area contributed by atoms with Crippen molar-refractivity contribution in [2.45, 2.75) is 45.9 Å². The van der Waals surface area contributed by atoms with Gasteiger partial charge in [-0.2, -0.15) is 5.10 Å². The van der Waals surface area contributed by atoms with E-state index in [0.717, 1.165) is 17.0 Å². The van der Waals surface area contributed by atoms with Gasteiger partial charge in [0, 0.05) is 6.04 Å². The highest BCUT2D eigenvalue weighted by Gasteiger charge is 2.20. The van der Waals surface area contributed by atoms with E-state index in [0.29, 0.717) is 5.02 Å². The number of halogens is 1. The molecule has 0 spiro atoms. The number of nitrogens with two attached hydrogens (primary N) is 1. The number of ether oxygens (including phenoxy) is 1. The van der Waals surface area contributed by atoms with Crippen LogP contribution < -0.4 is 10.5 Å². The molecule has 4 nitrogen and oxygen atoms in total. The molecule has 2 aromatic rings. The Balaban J connectivity index is 2.36. The maximum absolute atomic E-state index is 6.40. The number of rotatable bonds is 5. The van der Waals surface area contributed by atoms with Crippen LogP contribution in [0.4, 0.5) is 0 Å².